The Bertz CT molecular complexity index is 1440. The van der Waals surface area contributed by atoms with Gasteiger partial charge in [0, 0.05) is 13.8 Å². The Labute approximate surface area is 351 Å². The van der Waals surface area contributed by atoms with E-state index in [-0.39, 0.29) is 0 Å². The molecular formula is C34H58N2O26. The standard InChI is InChI=1S/C34H58N2O26/c1-8(40)35-15-20(45)28(11(4-38)56-30(15)53)61-31-16(36-9(2)41)21(46)29(12(5-39)58-31)62-34-27(52)24(49)19(44)14(60-34)7-55-33-26(51)23(48)18(43)13(59-33)6-54-32-25(50)22(47)17(42)10(3-37)57-32/h10-34,37-39,42-53H,3-7H2,1-2H3,(H,35,40)(H,36,41)/t10-,11-,12-,13-,14-,15-,16-,17-,18-,19-,20-,21-,22+,23+,24+,25+,26+,27+,28-,29-,30?,31+,32+,33+,34+/m1/s1. The highest BCUT2D eigenvalue weighted by atomic mass is 16.8. The quantitative estimate of drug-likeness (QED) is 0.0725. The summed E-state index contributed by atoms with van der Waals surface area (Å²) in [6.07, 6.45) is -40.9. The number of carbonyl (C=O) groups excluding carboxylic acids is 2. The van der Waals surface area contributed by atoms with Crippen molar-refractivity contribution in [2.45, 2.75) is 167 Å². The third-order valence-corrected chi connectivity index (χ3v) is 11.1. The Morgan fingerprint density at radius 3 is 1.24 bits per heavy atom. The molecule has 28 heteroatoms. The Morgan fingerprint density at radius 1 is 0.419 bits per heavy atom. The van der Waals surface area contributed by atoms with Crippen LogP contribution in [0.3, 0.4) is 0 Å². The number of nitrogens with one attached hydrogen (secondary N) is 2. The summed E-state index contributed by atoms with van der Waals surface area (Å²) >= 11 is 0. The lowest BCUT2D eigenvalue weighted by atomic mass is 9.94. The van der Waals surface area contributed by atoms with Crippen molar-refractivity contribution in [2.75, 3.05) is 33.0 Å². The molecule has 5 saturated heterocycles. The van der Waals surface area contributed by atoms with Crippen LogP contribution in [-0.2, 0) is 52.2 Å². The molecule has 0 radical (unpaired) electrons. The van der Waals surface area contributed by atoms with E-state index in [0.717, 1.165) is 13.8 Å². The molecule has 25 atom stereocenters. The van der Waals surface area contributed by atoms with Crippen molar-refractivity contribution in [3.8, 4) is 0 Å². The first-order valence-corrected chi connectivity index (χ1v) is 19.6. The summed E-state index contributed by atoms with van der Waals surface area (Å²) in [6, 6.07) is -3.11. The third kappa shape index (κ3) is 11.1. The highest BCUT2D eigenvalue weighted by molar-refractivity contribution is 5.73. The van der Waals surface area contributed by atoms with E-state index in [1.165, 1.54) is 0 Å². The molecule has 0 aromatic heterocycles. The first kappa shape index (κ1) is 51.0. The van der Waals surface area contributed by atoms with Crippen LogP contribution in [0.5, 0.6) is 0 Å². The molecular weight excluding hydrogens is 852 g/mol. The molecule has 1 unspecified atom stereocenters. The fourth-order valence-electron chi connectivity index (χ4n) is 7.63. The van der Waals surface area contributed by atoms with Crippen molar-refractivity contribution in [1.29, 1.82) is 0 Å². The molecule has 28 nitrogen and oxygen atoms in total. The summed E-state index contributed by atoms with van der Waals surface area (Å²) in [5.74, 6) is -1.45. The maximum atomic E-state index is 12.3. The summed E-state index contributed by atoms with van der Waals surface area (Å²) in [5, 5.41) is 162. The van der Waals surface area contributed by atoms with E-state index in [1.807, 2.05) is 0 Å². The number of aliphatic hydroxyl groups is 15. The van der Waals surface area contributed by atoms with Crippen LogP contribution in [0.15, 0.2) is 0 Å². The maximum Gasteiger partial charge on any atom is 0.217 e. The fraction of sp³-hybridized carbons (Fsp3) is 0.941. The minimum atomic E-state index is -2.07. The predicted molar refractivity (Wildman–Crippen MR) is 190 cm³/mol. The molecule has 360 valence electrons. The van der Waals surface area contributed by atoms with Crippen LogP contribution in [0.1, 0.15) is 13.8 Å². The predicted octanol–water partition coefficient (Wildman–Crippen LogP) is -11.6. The summed E-state index contributed by atoms with van der Waals surface area (Å²) in [4.78, 5) is 24.0. The van der Waals surface area contributed by atoms with Crippen molar-refractivity contribution < 1.29 is 129 Å². The first-order valence-electron chi connectivity index (χ1n) is 19.6. The molecule has 2 amide bonds. The fourth-order valence-corrected chi connectivity index (χ4v) is 7.63. The zero-order valence-electron chi connectivity index (χ0n) is 33.2. The van der Waals surface area contributed by atoms with Gasteiger partial charge in [0.25, 0.3) is 0 Å². The van der Waals surface area contributed by atoms with Gasteiger partial charge in [-0.2, -0.15) is 0 Å². The number of amides is 2. The number of carbonyl (C=O) groups is 2. The zero-order valence-corrected chi connectivity index (χ0v) is 33.2. The van der Waals surface area contributed by atoms with Gasteiger partial charge in [-0.25, -0.2) is 0 Å². The van der Waals surface area contributed by atoms with Gasteiger partial charge in [0.1, 0.15) is 122 Å². The van der Waals surface area contributed by atoms with E-state index in [0.29, 0.717) is 0 Å². The number of ether oxygens (including phenoxy) is 9. The van der Waals surface area contributed by atoms with E-state index in [4.69, 9.17) is 42.6 Å². The van der Waals surface area contributed by atoms with Gasteiger partial charge in [-0.1, -0.05) is 0 Å². The van der Waals surface area contributed by atoms with Crippen molar-refractivity contribution in [3.63, 3.8) is 0 Å². The van der Waals surface area contributed by atoms with Crippen LogP contribution in [0, 0.1) is 0 Å². The third-order valence-electron chi connectivity index (χ3n) is 11.1. The number of hydrogen-bond acceptors (Lipinski definition) is 26. The van der Waals surface area contributed by atoms with E-state index in [9.17, 15) is 86.2 Å². The van der Waals surface area contributed by atoms with E-state index < -0.39 is 198 Å². The van der Waals surface area contributed by atoms with Gasteiger partial charge in [0.15, 0.2) is 31.5 Å². The molecule has 0 aromatic rings. The van der Waals surface area contributed by atoms with Gasteiger partial charge in [0.2, 0.25) is 11.8 Å². The van der Waals surface area contributed by atoms with Crippen molar-refractivity contribution in [1.82, 2.24) is 10.6 Å². The van der Waals surface area contributed by atoms with E-state index >= 15 is 0 Å². The van der Waals surface area contributed by atoms with Crippen LogP contribution in [0.25, 0.3) is 0 Å². The maximum absolute atomic E-state index is 12.3. The second kappa shape index (κ2) is 22.0. The molecule has 0 aromatic carbocycles. The molecule has 5 aliphatic heterocycles. The second-order valence-corrected chi connectivity index (χ2v) is 15.5. The number of hydrogen-bond donors (Lipinski definition) is 17. The van der Waals surface area contributed by atoms with Crippen molar-refractivity contribution in [2.24, 2.45) is 0 Å². The summed E-state index contributed by atoms with van der Waals surface area (Å²) in [5.41, 5.74) is 0. The second-order valence-electron chi connectivity index (χ2n) is 15.5. The van der Waals surface area contributed by atoms with E-state index in [1.54, 1.807) is 0 Å². The van der Waals surface area contributed by atoms with Gasteiger partial charge < -0.3 is 130 Å². The van der Waals surface area contributed by atoms with Crippen LogP contribution in [-0.4, -0.2) is 275 Å². The molecule has 0 spiro atoms. The highest BCUT2D eigenvalue weighted by Gasteiger charge is 2.55. The molecule has 62 heavy (non-hydrogen) atoms. The van der Waals surface area contributed by atoms with Crippen molar-refractivity contribution >= 4 is 11.8 Å². The number of rotatable bonds is 15. The van der Waals surface area contributed by atoms with Gasteiger partial charge in [-0.05, 0) is 0 Å². The molecule has 0 saturated carbocycles. The normalized spacial score (nSPS) is 49.0. The molecule has 5 rings (SSSR count). The molecule has 0 bridgehead atoms. The minimum absolute atomic E-state index is 0.678. The largest absolute Gasteiger partial charge is 0.394 e. The topological polar surface area (TPSA) is 445 Å². The van der Waals surface area contributed by atoms with Crippen LogP contribution in [0.4, 0.5) is 0 Å². The Kier molecular flexibility index (Phi) is 18.1. The minimum Gasteiger partial charge on any atom is -0.394 e. The Hall–Kier alpha value is -2.02. The van der Waals surface area contributed by atoms with Crippen molar-refractivity contribution in [3.05, 3.63) is 0 Å². The smallest absolute Gasteiger partial charge is 0.217 e. The molecule has 5 aliphatic rings. The lowest BCUT2D eigenvalue weighted by Gasteiger charge is -2.49. The SMILES string of the molecule is CC(=O)N[C@H]1[C@H](O[C@H]2[C@H](O)[C@@H](NC(C)=O)C(O)O[C@@H]2CO)O[C@H](CO)[C@@H](O[C@@H]2O[C@H](CO[C@H]3O[C@H](CO[C@H]4O[C@H](CO)[C@@H](O)[C@H](O)[C@@H]4O)[C@@H](O)[C@H](O)[C@@H]3O)[C@@H](O)[C@H](O)[C@@H]2O)[C@@H]1O. The van der Waals surface area contributed by atoms with Gasteiger partial charge >= 0.3 is 0 Å². The lowest BCUT2D eigenvalue weighted by molar-refractivity contribution is -0.366. The van der Waals surface area contributed by atoms with Crippen LogP contribution in [0.2, 0.25) is 0 Å². The Morgan fingerprint density at radius 2 is 0.774 bits per heavy atom. The lowest BCUT2D eigenvalue weighted by Crippen LogP contribution is -2.70. The summed E-state index contributed by atoms with van der Waals surface area (Å²) in [6.45, 7) is -1.93. The first-order chi connectivity index (χ1) is 29.2. The Balaban J connectivity index is 1.26. The van der Waals surface area contributed by atoms with Gasteiger partial charge in [-0.3, -0.25) is 9.59 Å². The van der Waals surface area contributed by atoms with Crippen LogP contribution < -0.4 is 10.6 Å². The summed E-state index contributed by atoms with van der Waals surface area (Å²) < 4.78 is 50.2. The highest BCUT2D eigenvalue weighted by Crippen LogP contribution is 2.33. The van der Waals surface area contributed by atoms with Crippen LogP contribution >= 0.6 is 0 Å². The molecule has 5 heterocycles. The number of aliphatic hydroxyl groups excluding tert-OH is 15. The molecule has 17 N–H and O–H groups in total. The summed E-state index contributed by atoms with van der Waals surface area (Å²) in [7, 11) is 0. The molecule has 0 aliphatic carbocycles. The average molecular weight is 911 g/mol. The van der Waals surface area contributed by atoms with Gasteiger partial charge in [-0.15, -0.1) is 0 Å². The zero-order chi connectivity index (χ0) is 45.9. The van der Waals surface area contributed by atoms with Gasteiger partial charge in [0.05, 0.1) is 33.0 Å². The van der Waals surface area contributed by atoms with E-state index in [2.05, 4.69) is 10.6 Å². The average Bonchev–Trinajstić information content (AvgIpc) is 3.23. The molecule has 5 fully saturated rings. The monoisotopic (exact) mass is 910 g/mol.